The molecule has 4 rings (SSSR count). The van der Waals surface area contributed by atoms with Gasteiger partial charge in [0, 0.05) is 57.0 Å². The van der Waals surface area contributed by atoms with Crippen molar-refractivity contribution in [2.75, 3.05) is 46.5 Å². The summed E-state index contributed by atoms with van der Waals surface area (Å²) in [6.45, 7) is 5.74. The zero-order chi connectivity index (χ0) is 18.6. The van der Waals surface area contributed by atoms with Crippen molar-refractivity contribution in [2.24, 2.45) is 7.05 Å². The highest BCUT2D eigenvalue weighted by Crippen LogP contribution is 2.34. The SMILES string of the molecule is CN1CCOC(CNCc2cn(C)nc2-c2ccc3c(c2)OCCCO3)C1. The average Bonchev–Trinajstić information content (AvgIpc) is 2.88. The number of ether oxygens (including phenoxy) is 3. The summed E-state index contributed by atoms with van der Waals surface area (Å²) in [4.78, 5) is 2.31. The van der Waals surface area contributed by atoms with E-state index < -0.39 is 0 Å². The van der Waals surface area contributed by atoms with Crippen LogP contribution < -0.4 is 14.8 Å². The van der Waals surface area contributed by atoms with Gasteiger partial charge < -0.3 is 24.4 Å². The molecule has 1 atom stereocenters. The van der Waals surface area contributed by atoms with E-state index in [2.05, 4.69) is 34.6 Å². The first-order chi connectivity index (χ1) is 13.2. The van der Waals surface area contributed by atoms with E-state index in [1.807, 2.05) is 23.9 Å². The fourth-order valence-electron chi connectivity index (χ4n) is 3.58. The van der Waals surface area contributed by atoms with Crippen molar-refractivity contribution in [3.8, 4) is 22.8 Å². The Kier molecular flexibility index (Phi) is 5.61. The number of hydrogen-bond acceptors (Lipinski definition) is 6. The van der Waals surface area contributed by atoms with Crippen molar-refractivity contribution >= 4 is 0 Å². The normalized spacial score (nSPS) is 20.4. The summed E-state index contributed by atoms with van der Waals surface area (Å²) in [6.07, 6.45) is 3.21. The number of hydrogen-bond donors (Lipinski definition) is 1. The number of rotatable bonds is 5. The lowest BCUT2D eigenvalue weighted by atomic mass is 10.1. The van der Waals surface area contributed by atoms with Crippen LogP contribution in [0, 0.1) is 0 Å². The van der Waals surface area contributed by atoms with Gasteiger partial charge in [0.1, 0.15) is 0 Å². The Bertz CT molecular complexity index is 777. The summed E-state index contributed by atoms with van der Waals surface area (Å²) in [6, 6.07) is 6.07. The topological polar surface area (TPSA) is 60.8 Å². The molecule has 7 heteroatoms. The molecule has 7 nitrogen and oxygen atoms in total. The first kappa shape index (κ1) is 18.3. The van der Waals surface area contributed by atoms with Gasteiger partial charge in [-0.05, 0) is 25.2 Å². The van der Waals surface area contributed by atoms with Crippen LogP contribution in [-0.4, -0.2) is 67.3 Å². The van der Waals surface area contributed by atoms with Gasteiger partial charge in [0.2, 0.25) is 0 Å². The highest BCUT2D eigenvalue weighted by Gasteiger charge is 2.18. The highest BCUT2D eigenvalue weighted by molar-refractivity contribution is 5.66. The Morgan fingerprint density at radius 2 is 2.00 bits per heavy atom. The minimum absolute atomic E-state index is 0.238. The summed E-state index contributed by atoms with van der Waals surface area (Å²) in [5, 5.41) is 8.20. The van der Waals surface area contributed by atoms with Crippen LogP contribution in [0.1, 0.15) is 12.0 Å². The maximum absolute atomic E-state index is 5.83. The molecule has 146 valence electrons. The zero-order valence-electron chi connectivity index (χ0n) is 16.1. The fraction of sp³-hybridized carbons (Fsp3) is 0.550. The van der Waals surface area contributed by atoms with Crippen molar-refractivity contribution in [3.05, 3.63) is 30.0 Å². The van der Waals surface area contributed by atoms with Crippen LogP contribution in [0.2, 0.25) is 0 Å². The molecule has 3 heterocycles. The lowest BCUT2D eigenvalue weighted by Gasteiger charge is -2.30. The quantitative estimate of drug-likeness (QED) is 0.862. The standard InChI is InChI=1S/C20H28N4O3/c1-23-6-9-25-17(14-23)12-21-11-16-13-24(2)22-20(16)15-4-5-18-19(10-15)27-8-3-7-26-18/h4-5,10,13,17,21H,3,6-9,11-12,14H2,1-2H3. The van der Waals surface area contributed by atoms with Crippen LogP contribution in [0.4, 0.5) is 0 Å². The molecule has 0 bridgehead atoms. The predicted molar refractivity (Wildman–Crippen MR) is 103 cm³/mol. The monoisotopic (exact) mass is 372 g/mol. The summed E-state index contributed by atoms with van der Waals surface area (Å²) in [5.41, 5.74) is 3.18. The van der Waals surface area contributed by atoms with E-state index in [9.17, 15) is 0 Å². The molecule has 0 radical (unpaired) electrons. The number of nitrogens with one attached hydrogen (secondary N) is 1. The van der Waals surface area contributed by atoms with Crippen LogP contribution >= 0.6 is 0 Å². The van der Waals surface area contributed by atoms with Gasteiger partial charge in [0.25, 0.3) is 0 Å². The first-order valence-electron chi connectivity index (χ1n) is 9.62. The molecule has 1 fully saturated rings. The number of morpholine rings is 1. The van der Waals surface area contributed by atoms with Gasteiger partial charge in [-0.2, -0.15) is 5.10 Å². The maximum atomic E-state index is 5.83. The van der Waals surface area contributed by atoms with Gasteiger partial charge in [-0.25, -0.2) is 0 Å². The van der Waals surface area contributed by atoms with Crippen molar-refractivity contribution < 1.29 is 14.2 Å². The Balaban J connectivity index is 1.45. The van der Waals surface area contributed by atoms with Gasteiger partial charge >= 0.3 is 0 Å². The van der Waals surface area contributed by atoms with Gasteiger partial charge in [0.15, 0.2) is 11.5 Å². The van der Waals surface area contributed by atoms with Crippen molar-refractivity contribution in [1.82, 2.24) is 20.0 Å². The van der Waals surface area contributed by atoms with Crippen LogP contribution in [0.25, 0.3) is 11.3 Å². The molecule has 0 aliphatic carbocycles. The van der Waals surface area contributed by atoms with E-state index in [0.717, 1.165) is 67.5 Å². The molecule has 0 spiro atoms. The molecule has 1 N–H and O–H groups in total. The molecule has 2 aromatic rings. The summed E-state index contributed by atoms with van der Waals surface area (Å²) >= 11 is 0. The minimum Gasteiger partial charge on any atom is -0.490 e. The Hall–Kier alpha value is -2.09. The molecule has 1 aromatic heterocycles. The molecule has 1 unspecified atom stereocenters. The first-order valence-corrected chi connectivity index (χ1v) is 9.62. The number of benzene rings is 1. The van der Waals surface area contributed by atoms with Crippen LogP contribution in [0.5, 0.6) is 11.5 Å². The smallest absolute Gasteiger partial charge is 0.161 e. The maximum Gasteiger partial charge on any atom is 0.161 e. The van der Waals surface area contributed by atoms with Gasteiger partial charge in [-0.15, -0.1) is 0 Å². The summed E-state index contributed by atoms with van der Waals surface area (Å²) in [5.74, 6) is 1.61. The average molecular weight is 372 g/mol. The lowest BCUT2D eigenvalue weighted by molar-refractivity contribution is -0.0182. The van der Waals surface area contributed by atoms with Crippen molar-refractivity contribution in [1.29, 1.82) is 0 Å². The number of likely N-dealkylation sites (N-methyl/N-ethyl adjacent to an activating group) is 1. The van der Waals surface area contributed by atoms with E-state index in [1.54, 1.807) is 0 Å². The highest BCUT2D eigenvalue weighted by atomic mass is 16.5. The van der Waals surface area contributed by atoms with Crippen molar-refractivity contribution in [3.63, 3.8) is 0 Å². The largest absolute Gasteiger partial charge is 0.490 e. The molecule has 27 heavy (non-hydrogen) atoms. The number of nitrogens with zero attached hydrogens (tertiary/aromatic N) is 3. The van der Waals surface area contributed by atoms with E-state index in [-0.39, 0.29) is 6.10 Å². The molecular weight excluding hydrogens is 344 g/mol. The molecule has 0 amide bonds. The van der Waals surface area contributed by atoms with E-state index in [4.69, 9.17) is 14.2 Å². The number of fused-ring (bicyclic) bond motifs is 1. The molecule has 0 saturated carbocycles. The van der Waals surface area contributed by atoms with E-state index in [0.29, 0.717) is 13.2 Å². The number of aromatic nitrogens is 2. The minimum atomic E-state index is 0.238. The molecular formula is C20H28N4O3. The third-order valence-electron chi connectivity index (χ3n) is 4.95. The third-order valence-corrected chi connectivity index (χ3v) is 4.95. The predicted octanol–water partition coefficient (Wildman–Crippen LogP) is 1.67. The molecule has 1 aromatic carbocycles. The molecule has 1 saturated heterocycles. The lowest BCUT2D eigenvalue weighted by Crippen LogP contribution is -2.44. The Morgan fingerprint density at radius 1 is 1.15 bits per heavy atom. The second-order valence-corrected chi connectivity index (χ2v) is 7.27. The Morgan fingerprint density at radius 3 is 2.85 bits per heavy atom. The van der Waals surface area contributed by atoms with E-state index >= 15 is 0 Å². The van der Waals surface area contributed by atoms with E-state index in [1.165, 1.54) is 0 Å². The van der Waals surface area contributed by atoms with Gasteiger partial charge in [-0.1, -0.05) is 0 Å². The summed E-state index contributed by atoms with van der Waals surface area (Å²) < 4.78 is 19.3. The van der Waals surface area contributed by atoms with Crippen LogP contribution in [-0.2, 0) is 18.3 Å². The van der Waals surface area contributed by atoms with Gasteiger partial charge in [0.05, 0.1) is 31.6 Å². The molecule has 2 aliphatic heterocycles. The second kappa shape index (κ2) is 8.29. The second-order valence-electron chi connectivity index (χ2n) is 7.27. The van der Waals surface area contributed by atoms with Crippen molar-refractivity contribution in [2.45, 2.75) is 19.1 Å². The van der Waals surface area contributed by atoms with Crippen LogP contribution in [0.3, 0.4) is 0 Å². The third kappa shape index (κ3) is 4.43. The fourth-order valence-corrected chi connectivity index (χ4v) is 3.58. The molecule has 2 aliphatic rings. The summed E-state index contributed by atoms with van der Waals surface area (Å²) in [7, 11) is 4.09. The van der Waals surface area contributed by atoms with Crippen LogP contribution in [0.15, 0.2) is 24.4 Å². The van der Waals surface area contributed by atoms with Gasteiger partial charge in [-0.3, -0.25) is 4.68 Å². The number of aryl methyl sites for hydroxylation is 1. The zero-order valence-corrected chi connectivity index (χ0v) is 16.1. The Labute approximate surface area is 160 Å².